The lowest BCUT2D eigenvalue weighted by Gasteiger charge is -2.19. The molecule has 0 atom stereocenters. The lowest BCUT2D eigenvalue weighted by Crippen LogP contribution is -2.17. The molecule has 65 heavy (non-hydrogen) atoms. The second kappa shape index (κ2) is 14.2. The monoisotopic (exact) mass is 833 g/mol. The molecule has 0 spiro atoms. The normalized spacial score (nSPS) is 12.9. The summed E-state index contributed by atoms with van der Waals surface area (Å²) in [6.07, 6.45) is 0. The van der Waals surface area contributed by atoms with E-state index in [4.69, 9.17) is 24.9 Å². The lowest BCUT2D eigenvalue weighted by atomic mass is 9.85. The number of benzene rings is 8. The van der Waals surface area contributed by atoms with E-state index in [1.807, 2.05) is 60.7 Å². The summed E-state index contributed by atoms with van der Waals surface area (Å²) in [6.45, 7) is 4.51. The third-order valence-corrected chi connectivity index (χ3v) is 13.1. The van der Waals surface area contributed by atoms with Crippen LogP contribution in [0.2, 0.25) is 0 Å². The number of para-hydroxylation sites is 1. The number of H-pyrrole nitrogens is 1. The second-order valence-corrected chi connectivity index (χ2v) is 17.4. The number of nitrogens with one attached hydrogen (secondary N) is 1. The molecule has 7 heteroatoms. The second-order valence-electron chi connectivity index (χ2n) is 17.4. The molecule has 0 fully saturated rings. The first kappa shape index (κ1) is 37.0. The van der Waals surface area contributed by atoms with Gasteiger partial charge in [-0.05, 0) is 76.3 Å². The van der Waals surface area contributed by atoms with Crippen LogP contribution in [0.3, 0.4) is 0 Å². The Balaban J connectivity index is 0.956. The van der Waals surface area contributed by atoms with E-state index in [2.05, 4.69) is 157 Å². The van der Waals surface area contributed by atoms with Gasteiger partial charge in [-0.25, -0.2) is 24.9 Å². The van der Waals surface area contributed by atoms with Gasteiger partial charge in [0.05, 0.1) is 16.9 Å². The zero-order chi connectivity index (χ0) is 43.2. The molecule has 0 amide bonds. The van der Waals surface area contributed by atoms with E-state index in [1.54, 1.807) is 0 Å². The molecule has 4 aromatic heterocycles. The number of aromatic nitrogens is 7. The van der Waals surface area contributed by atoms with E-state index in [0.717, 1.165) is 105 Å². The lowest BCUT2D eigenvalue weighted by molar-refractivity contribution is 0.637. The molecule has 1 N–H and O–H groups in total. The summed E-state index contributed by atoms with van der Waals surface area (Å²) in [4.78, 5) is 29.7. The summed E-state index contributed by atoms with van der Waals surface area (Å²) >= 11 is 0. The largest absolute Gasteiger partial charge is 0.354 e. The van der Waals surface area contributed by atoms with Crippen LogP contribution in [0.4, 0.5) is 0 Å². The minimum absolute atomic E-state index is 0.268. The van der Waals surface area contributed by atoms with Gasteiger partial charge in [0.1, 0.15) is 5.52 Å². The number of aromatic amines is 1. The smallest absolute Gasteiger partial charge is 0.164 e. The van der Waals surface area contributed by atoms with E-state index in [9.17, 15) is 0 Å². The van der Waals surface area contributed by atoms with E-state index in [0.29, 0.717) is 17.5 Å². The van der Waals surface area contributed by atoms with Crippen LogP contribution in [0.1, 0.15) is 25.1 Å². The third-order valence-electron chi connectivity index (χ3n) is 13.1. The maximum absolute atomic E-state index is 5.50. The van der Waals surface area contributed by atoms with Gasteiger partial charge in [-0.15, -0.1) is 0 Å². The fourth-order valence-electron chi connectivity index (χ4n) is 9.94. The Kier molecular flexibility index (Phi) is 8.12. The van der Waals surface area contributed by atoms with Crippen molar-refractivity contribution >= 4 is 43.9 Å². The highest BCUT2D eigenvalue weighted by Crippen LogP contribution is 2.48. The molecule has 0 aliphatic heterocycles. The Labute approximate surface area is 374 Å². The van der Waals surface area contributed by atoms with Crippen LogP contribution in [-0.2, 0) is 5.41 Å². The summed E-state index contributed by atoms with van der Waals surface area (Å²) in [5, 5.41) is 3.38. The van der Waals surface area contributed by atoms with Gasteiger partial charge in [0.25, 0.3) is 0 Å². The number of hydrogen-bond acceptors (Lipinski definition) is 5. The number of hydrogen-bond donors (Lipinski definition) is 1. The van der Waals surface area contributed by atoms with Crippen LogP contribution < -0.4 is 0 Å². The van der Waals surface area contributed by atoms with Crippen molar-refractivity contribution in [2.24, 2.45) is 0 Å². The Morgan fingerprint density at radius 1 is 0.431 bits per heavy atom. The van der Waals surface area contributed by atoms with E-state index < -0.39 is 0 Å². The third kappa shape index (κ3) is 5.86. The highest BCUT2D eigenvalue weighted by Gasteiger charge is 2.39. The molecule has 0 saturated heterocycles. The van der Waals surface area contributed by atoms with Crippen LogP contribution >= 0.6 is 0 Å². The van der Waals surface area contributed by atoms with Crippen molar-refractivity contribution in [3.63, 3.8) is 0 Å². The summed E-state index contributed by atoms with van der Waals surface area (Å²) in [5.74, 6) is 1.90. The molecule has 1 aliphatic carbocycles. The average molecular weight is 834 g/mol. The van der Waals surface area contributed by atoms with Crippen molar-refractivity contribution in [1.29, 1.82) is 0 Å². The van der Waals surface area contributed by atoms with Gasteiger partial charge in [-0.2, -0.15) is 0 Å². The van der Waals surface area contributed by atoms with Crippen molar-refractivity contribution < 1.29 is 0 Å². The first-order valence-corrected chi connectivity index (χ1v) is 22.0. The fraction of sp³-hybridized carbons (Fsp3) is 0.0517. The predicted molar refractivity (Wildman–Crippen MR) is 264 cm³/mol. The van der Waals surface area contributed by atoms with Gasteiger partial charge in [0.2, 0.25) is 0 Å². The predicted octanol–water partition coefficient (Wildman–Crippen LogP) is 14.0. The molecule has 0 radical (unpaired) electrons. The minimum Gasteiger partial charge on any atom is -0.354 e. The topological polar surface area (TPSA) is 85.2 Å². The molecule has 0 bridgehead atoms. The molecule has 0 saturated carbocycles. The Morgan fingerprint density at radius 3 is 1.75 bits per heavy atom. The summed E-state index contributed by atoms with van der Waals surface area (Å²) < 4.78 is 2.27. The molecular formula is C58H39N7. The van der Waals surface area contributed by atoms with E-state index >= 15 is 0 Å². The fourth-order valence-corrected chi connectivity index (χ4v) is 9.94. The summed E-state index contributed by atoms with van der Waals surface area (Å²) in [5.41, 5.74) is 17.4. The molecular weight excluding hydrogens is 795 g/mol. The van der Waals surface area contributed by atoms with E-state index in [-0.39, 0.29) is 5.41 Å². The van der Waals surface area contributed by atoms with Gasteiger partial charge in [0, 0.05) is 60.5 Å². The minimum atomic E-state index is -0.268. The zero-order valence-electron chi connectivity index (χ0n) is 35.7. The van der Waals surface area contributed by atoms with Gasteiger partial charge in [-0.1, -0.05) is 159 Å². The standard InChI is InChI=1S/C58H39N7/c1-58(2)46-26-13-12-24-43(46)51-53(58)61-57-52(60-51)45-34-38(29-31-49(45)65(57)41-22-10-5-11-23-41)37-28-30-47-44(33-37)50-42(25-15-27-48(50)59-47)39-20-14-21-40(32-39)56-63-54(35-16-6-3-7-17-35)62-55(64-56)36-18-8-4-9-19-36/h3-34,59H,1-2H3. The zero-order valence-corrected chi connectivity index (χ0v) is 35.7. The molecule has 12 aromatic rings. The van der Waals surface area contributed by atoms with Crippen molar-refractivity contribution in [2.45, 2.75) is 19.3 Å². The Bertz CT molecular complexity index is 3790. The number of rotatable bonds is 6. The molecule has 306 valence electrons. The average Bonchev–Trinajstić information content (AvgIpc) is 3.98. The van der Waals surface area contributed by atoms with Gasteiger partial charge in [0.15, 0.2) is 23.1 Å². The van der Waals surface area contributed by atoms with Crippen molar-refractivity contribution in [3.05, 3.63) is 205 Å². The van der Waals surface area contributed by atoms with Crippen LogP contribution in [0.25, 0.3) is 117 Å². The van der Waals surface area contributed by atoms with Gasteiger partial charge in [-0.3, -0.25) is 4.57 Å². The number of fused-ring (bicyclic) bond motifs is 9. The molecule has 1 aliphatic rings. The SMILES string of the molecule is CC1(C)c2ccccc2-c2nc3c4cc(-c5ccc6[nH]c7cccc(-c8cccc(-c9nc(-c%10ccccc%10)nc(-c%10ccccc%10)n9)c8)c7c6c5)ccc4n(-c4ccccc4)c3nc21. The highest BCUT2D eigenvalue weighted by molar-refractivity contribution is 6.15. The first-order chi connectivity index (χ1) is 32.0. The van der Waals surface area contributed by atoms with Gasteiger partial charge >= 0.3 is 0 Å². The van der Waals surface area contributed by atoms with Crippen molar-refractivity contribution in [3.8, 4) is 73.4 Å². The summed E-state index contributed by atoms with van der Waals surface area (Å²) in [7, 11) is 0. The van der Waals surface area contributed by atoms with Crippen LogP contribution in [0.5, 0.6) is 0 Å². The van der Waals surface area contributed by atoms with Crippen molar-refractivity contribution in [2.75, 3.05) is 0 Å². The van der Waals surface area contributed by atoms with Crippen molar-refractivity contribution in [1.82, 2.24) is 34.5 Å². The van der Waals surface area contributed by atoms with E-state index in [1.165, 1.54) is 5.56 Å². The first-order valence-electron chi connectivity index (χ1n) is 22.0. The number of nitrogens with zero attached hydrogens (tertiary/aromatic N) is 6. The maximum atomic E-state index is 5.50. The molecule has 13 rings (SSSR count). The summed E-state index contributed by atoms with van der Waals surface area (Å²) in [6, 6.07) is 67.9. The quantitative estimate of drug-likeness (QED) is 0.180. The Morgan fingerprint density at radius 2 is 1.02 bits per heavy atom. The van der Waals surface area contributed by atoms with Crippen LogP contribution in [0.15, 0.2) is 194 Å². The van der Waals surface area contributed by atoms with Crippen LogP contribution in [0, 0.1) is 0 Å². The maximum Gasteiger partial charge on any atom is 0.164 e. The molecule has 0 unspecified atom stereocenters. The highest BCUT2D eigenvalue weighted by atomic mass is 15.1. The molecule has 7 nitrogen and oxygen atoms in total. The van der Waals surface area contributed by atoms with Crippen LogP contribution in [-0.4, -0.2) is 34.5 Å². The van der Waals surface area contributed by atoms with Gasteiger partial charge < -0.3 is 4.98 Å². The Hall–Kier alpha value is -8.55. The molecule has 4 heterocycles. The molecule has 8 aromatic carbocycles.